The monoisotopic (exact) mass is 514 g/mol. The van der Waals surface area contributed by atoms with Crippen molar-refractivity contribution in [3.8, 4) is 0 Å². The average molecular weight is 514 g/mol. The van der Waals surface area contributed by atoms with Gasteiger partial charge in [-0.15, -0.1) is 24.0 Å². The second-order valence-corrected chi connectivity index (χ2v) is 7.13. The van der Waals surface area contributed by atoms with Crippen LogP contribution in [0.3, 0.4) is 0 Å². The normalized spacial score (nSPS) is 13.4. The molecule has 1 aromatic rings. The van der Waals surface area contributed by atoms with Crippen LogP contribution in [0.4, 0.5) is 13.2 Å². The number of aliphatic imine (C=N–C) groups is 1. The van der Waals surface area contributed by atoms with Crippen molar-refractivity contribution in [2.75, 3.05) is 27.2 Å². The van der Waals surface area contributed by atoms with Crippen molar-refractivity contribution in [2.45, 2.75) is 39.3 Å². The summed E-state index contributed by atoms with van der Waals surface area (Å²) >= 11 is 0. The number of rotatable bonds is 7. The van der Waals surface area contributed by atoms with Crippen LogP contribution in [0.5, 0.6) is 0 Å². The Bertz CT molecular complexity index is 663. The van der Waals surface area contributed by atoms with Gasteiger partial charge >= 0.3 is 6.18 Å². The van der Waals surface area contributed by atoms with Crippen LogP contribution in [0.1, 0.15) is 44.2 Å². The molecule has 1 aromatic carbocycles. The number of nitrogens with one attached hydrogen (secondary N) is 3. The first-order chi connectivity index (χ1) is 12.5. The lowest BCUT2D eigenvalue weighted by Gasteiger charge is -2.24. The number of nitrogens with zero attached hydrogens (tertiary/aromatic N) is 1. The molecule has 0 heterocycles. The van der Waals surface area contributed by atoms with E-state index in [1.807, 2.05) is 20.8 Å². The van der Waals surface area contributed by atoms with Crippen molar-refractivity contribution < 1.29 is 18.0 Å². The van der Waals surface area contributed by atoms with Crippen molar-refractivity contribution >= 4 is 35.8 Å². The van der Waals surface area contributed by atoms with Crippen LogP contribution in [0.15, 0.2) is 29.3 Å². The third-order valence-electron chi connectivity index (χ3n) is 4.42. The van der Waals surface area contributed by atoms with Crippen molar-refractivity contribution in [1.82, 2.24) is 16.0 Å². The fourth-order valence-corrected chi connectivity index (χ4v) is 2.54. The Labute approximate surface area is 182 Å². The Morgan fingerprint density at radius 1 is 1.21 bits per heavy atom. The summed E-state index contributed by atoms with van der Waals surface area (Å²) in [5.41, 5.74) is -0.582. The first-order valence-corrected chi connectivity index (χ1v) is 8.85. The number of amides is 1. The third kappa shape index (κ3) is 8.24. The van der Waals surface area contributed by atoms with E-state index < -0.39 is 17.2 Å². The molecule has 0 fully saturated rings. The van der Waals surface area contributed by atoms with Crippen LogP contribution in [-0.2, 0) is 11.0 Å². The van der Waals surface area contributed by atoms with Crippen LogP contribution in [-0.4, -0.2) is 39.1 Å². The second-order valence-electron chi connectivity index (χ2n) is 7.13. The highest BCUT2D eigenvalue weighted by Crippen LogP contribution is 2.31. The lowest BCUT2D eigenvalue weighted by atomic mass is 9.92. The fourth-order valence-electron chi connectivity index (χ4n) is 2.54. The molecule has 0 radical (unpaired) electrons. The molecule has 5 nitrogen and oxygen atoms in total. The van der Waals surface area contributed by atoms with Gasteiger partial charge < -0.3 is 16.0 Å². The number of guanidine groups is 1. The molecule has 3 N–H and O–H groups in total. The predicted molar refractivity (Wildman–Crippen MR) is 117 cm³/mol. The number of carbonyl (C=O) groups excluding carboxylic acids is 1. The van der Waals surface area contributed by atoms with Crippen LogP contribution < -0.4 is 16.0 Å². The molecule has 1 amide bonds. The zero-order valence-electron chi connectivity index (χ0n) is 16.9. The molecule has 0 aromatic heterocycles. The predicted octanol–water partition coefficient (Wildman–Crippen LogP) is 3.75. The van der Waals surface area contributed by atoms with E-state index in [-0.39, 0.29) is 35.8 Å². The van der Waals surface area contributed by atoms with E-state index in [1.165, 1.54) is 12.1 Å². The number of hydrogen-bond donors (Lipinski definition) is 3. The van der Waals surface area contributed by atoms with Gasteiger partial charge in [-0.05, 0) is 37.8 Å². The quantitative estimate of drug-likeness (QED) is 0.295. The molecular weight excluding hydrogens is 484 g/mol. The van der Waals surface area contributed by atoms with Gasteiger partial charge in [0, 0.05) is 27.2 Å². The summed E-state index contributed by atoms with van der Waals surface area (Å²) in [4.78, 5) is 15.9. The molecular formula is C19H30F3IN4O. The Hall–Kier alpha value is -1.52. The van der Waals surface area contributed by atoms with Gasteiger partial charge in [0.15, 0.2) is 5.96 Å². The van der Waals surface area contributed by atoms with Crippen LogP contribution in [0, 0.1) is 5.41 Å². The van der Waals surface area contributed by atoms with Gasteiger partial charge in [-0.2, -0.15) is 13.2 Å². The minimum atomic E-state index is -4.34. The van der Waals surface area contributed by atoms with Gasteiger partial charge in [0.25, 0.3) is 0 Å². The van der Waals surface area contributed by atoms with Gasteiger partial charge in [0.2, 0.25) is 5.91 Å². The topological polar surface area (TPSA) is 65.5 Å². The average Bonchev–Trinajstić information content (AvgIpc) is 2.62. The maximum atomic E-state index is 12.8. The molecule has 28 heavy (non-hydrogen) atoms. The van der Waals surface area contributed by atoms with Crippen molar-refractivity contribution in [3.63, 3.8) is 0 Å². The summed E-state index contributed by atoms with van der Waals surface area (Å²) in [5, 5.41) is 8.85. The number of benzene rings is 1. The molecule has 0 spiro atoms. The summed E-state index contributed by atoms with van der Waals surface area (Å²) in [6.07, 6.45) is -3.70. The highest BCUT2D eigenvalue weighted by molar-refractivity contribution is 14.0. The molecule has 0 aliphatic heterocycles. The molecule has 0 saturated heterocycles. The smallest absolute Gasteiger partial charge is 0.359 e. The molecule has 0 aliphatic rings. The zero-order valence-corrected chi connectivity index (χ0v) is 19.2. The maximum Gasteiger partial charge on any atom is 0.416 e. The SMILES string of the molecule is CN=C(NCCC(C)c1cccc(C(F)(F)F)c1)NCC(C)(C)C(=O)NC.I. The highest BCUT2D eigenvalue weighted by atomic mass is 127. The van der Waals surface area contributed by atoms with Crippen LogP contribution in [0.25, 0.3) is 0 Å². The Morgan fingerprint density at radius 3 is 2.39 bits per heavy atom. The molecule has 1 unspecified atom stereocenters. The molecule has 9 heteroatoms. The molecule has 0 saturated carbocycles. The van der Waals surface area contributed by atoms with E-state index in [0.29, 0.717) is 31.0 Å². The van der Waals surface area contributed by atoms with Crippen molar-refractivity contribution in [2.24, 2.45) is 10.4 Å². The largest absolute Gasteiger partial charge is 0.416 e. The van der Waals surface area contributed by atoms with Gasteiger partial charge in [-0.3, -0.25) is 9.79 Å². The maximum absolute atomic E-state index is 12.8. The Kier molecular flexibility index (Phi) is 10.9. The van der Waals surface area contributed by atoms with Crippen LogP contribution >= 0.6 is 24.0 Å². The summed E-state index contributed by atoms with van der Waals surface area (Å²) in [6.45, 7) is 6.47. The fraction of sp³-hybridized carbons (Fsp3) is 0.579. The first kappa shape index (κ1) is 26.5. The van der Waals surface area contributed by atoms with E-state index in [1.54, 1.807) is 20.2 Å². The minimum Gasteiger partial charge on any atom is -0.359 e. The summed E-state index contributed by atoms with van der Waals surface area (Å²) in [7, 11) is 3.21. The van der Waals surface area contributed by atoms with Gasteiger partial charge in [0.05, 0.1) is 11.0 Å². The van der Waals surface area contributed by atoms with Gasteiger partial charge in [0.1, 0.15) is 0 Å². The number of hydrogen-bond acceptors (Lipinski definition) is 2. The highest BCUT2D eigenvalue weighted by Gasteiger charge is 2.30. The van der Waals surface area contributed by atoms with E-state index in [2.05, 4.69) is 20.9 Å². The van der Waals surface area contributed by atoms with Crippen LogP contribution in [0.2, 0.25) is 0 Å². The molecule has 1 rings (SSSR count). The second kappa shape index (κ2) is 11.5. The summed E-state index contributed by atoms with van der Waals surface area (Å²) in [6, 6.07) is 5.42. The number of carbonyl (C=O) groups is 1. The zero-order chi connectivity index (χ0) is 20.7. The van der Waals surface area contributed by atoms with Gasteiger partial charge in [-0.1, -0.05) is 25.1 Å². The first-order valence-electron chi connectivity index (χ1n) is 8.85. The molecule has 0 aliphatic carbocycles. The molecule has 160 valence electrons. The van der Waals surface area contributed by atoms with E-state index in [4.69, 9.17) is 0 Å². The van der Waals surface area contributed by atoms with Crippen molar-refractivity contribution in [3.05, 3.63) is 35.4 Å². The standard InChI is InChI=1S/C19H29F3N4O.HI/c1-13(14-7-6-8-15(11-14)19(20,21)22)9-10-25-17(24-5)26-12-18(2,3)16(27)23-4;/h6-8,11,13H,9-10,12H2,1-5H3,(H,23,27)(H2,24,25,26);1H. The summed E-state index contributed by atoms with van der Waals surface area (Å²) < 4.78 is 38.5. The minimum absolute atomic E-state index is 0. The number of alkyl halides is 3. The van der Waals surface area contributed by atoms with E-state index in [9.17, 15) is 18.0 Å². The molecule has 1 atom stereocenters. The van der Waals surface area contributed by atoms with E-state index >= 15 is 0 Å². The van der Waals surface area contributed by atoms with E-state index in [0.717, 1.165) is 6.07 Å². The van der Waals surface area contributed by atoms with Gasteiger partial charge in [-0.25, -0.2) is 0 Å². The summed E-state index contributed by atoms with van der Waals surface area (Å²) in [5.74, 6) is 0.423. The number of halogens is 4. The Morgan fingerprint density at radius 2 is 1.86 bits per heavy atom. The molecule has 0 bridgehead atoms. The lowest BCUT2D eigenvalue weighted by molar-refractivity contribution is -0.137. The van der Waals surface area contributed by atoms with Crippen molar-refractivity contribution in [1.29, 1.82) is 0 Å². The lowest BCUT2D eigenvalue weighted by Crippen LogP contribution is -2.47. The Balaban J connectivity index is 0.00000729. The third-order valence-corrected chi connectivity index (χ3v) is 4.42.